The first-order chi connectivity index (χ1) is 9.74. The van der Waals surface area contributed by atoms with Gasteiger partial charge in [-0.2, -0.15) is 0 Å². The van der Waals surface area contributed by atoms with Gasteiger partial charge in [-0.15, -0.1) is 0 Å². The lowest BCUT2D eigenvalue weighted by atomic mass is 9.98. The van der Waals surface area contributed by atoms with Crippen LogP contribution in [0.2, 0.25) is 0 Å². The van der Waals surface area contributed by atoms with E-state index < -0.39 is 0 Å². The standard InChI is InChI=1S/C17H20INO/c1-3-19-16(13-8-10-15(18)11-9-13)12-14-6-4-5-7-17(14)20-2/h4-11,16,19H,3,12H2,1-2H3. The minimum Gasteiger partial charge on any atom is -0.496 e. The average Bonchev–Trinajstić information content (AvgIpc) is 2.48. The molecule has 2 nitrogen and oxygen atoms in total. The molecule has 0 bridgehead atoms. The number of benzene rings is 2. The van der Waals surface area contributed by atoms with Crippen LogP contribution in [0.5, 0.6) is 5.75 Å². The Hall–Kier alpha value is -1.07. The number of hydrogen-bond acceptors (Lipinski definition) is 2. The molecule has 2 rings (SSSR count). The Balaban J connectivity index is 2.23. The maximum atomic E-state index is 5.45. The molecule has 0 saturated carbocycles. The zero-order valence-corrected chi connectivity index (χ0v) is 14.1. The molecule has 20 heavy (non-hydrogen) atoms. The monoisotopic (exact) mass is 381 g/mol. The molecule has 2 aromatic rings. The molecule has 2 aromatic carbocycles. The number of likely N-dealkylation sites (N-methyl/N-ethyl adjacent to an activating group) is 1. The zero-order chi connectivity index (χ0) is 14.4. The van der Waals surface area contributed by atoms with Gasteiger partial charge in [0, 0.05) is 9.61 Å². The van der Waals surface area contributed by atoms with Gasteiger partial charge in [-0.1, -0.05) is 37.3 Å². The van der Waals surface area contributed by atoms with Crippen molar-refractivity contribution in [1.82, 2.24) is 5.32 Å². The van der Waals surface area contributed by atoms with Gasteiger partial charge in [0.1, 0.15) is 5.75 Å². The van der Waals surface area contributed by atoms with Crippen molar-refractivity contribution < 1.29 is 4.74 Å². The fourth-order valence-corrected chi connectivity index (χ4v) is 2.70. The summed E-state index contributed by atoms with van der Waals surface area (Å²) in [5.74, 6) is 0.959. The molecule has 0 aliphatic heterocycles. The second-order valence-electron chi connectivity index (χ2n) is 4.68. The summed E-state index contributed by atoms with van der Waals surface area (Å²) in [4.78, 5) is 0. The van der Waals surface area contributed by atoms with Crippen LogP contribution in [-0.4, -0.2) is 13.7 Å². The van der Waals surface area contributed by atoms with Gasteiger partial charge in [0.2, 0.25) is 0 Å². The lowest BCUT2D eigenvalue weighted by Crippen LogP contribution is -2.23. The first kappa shape index (κ1) is 15.3. The molecule has 3 heteroatoms. The Morgan fingerprint density at radius 3 is 2.45 bits per heavy atom. The molecular weight excluding hydrogens is 361 g/mol. The van der Waals surface area contributed by atoms with Gasteiger partial charge >= 0.3 is 0 Å². The number of hydrogen-bond donors (Lipinski definition) is 1. The van der Waals surface area contributed by atoms with E-state index in [2.05, 4.69) is 71.2 Å². The smallest absolute Gasteiger partial charge is 0.122 e. The minimum atomic E-state index is 0.313. The Morgan fingerprint density at radius 1 is 1.10 bits per heavy atom. The van der Waals surface area contributed by atoms with Gasteiger partial charge < -0.3 is 10.1 Å². The Morgan fingerprint density at radius 2 is 1.80 bits per heavy atom. The predicted octanol–water partition coefficient (Wildman–Crippen LogP) is 4.19. The van der Waals surface area contributed by atoms with E-state index in [1.165, 1.54) is 14.7 Å². The van der Waals surface area contributed by atoms with E-state index in [1.54, 1.807) is 7.11 Å². The summed E-state index contributed by atoms with van der Waals surface area (Å²) in [6.45, 7) is 3.09. The van der Waals surface area contributed by atoms with E-state index in [-0.39, 0.29) is 0 Å². The second kappa shape index (κ2) is 7.64. The quantitative estimate of drug-likeness (QED) is 0.758. The highest BCUT2D eigenvalue weighted by Crippen LogP contribution is 2.25. The summed E-state index contributed by atoms with van der Waals surface area (Å²) >= 11 is 2.34. The van der Waals surface area contributed by atoms with Crippen LogP contribution < -0.4 is 10.1 Å². The average molecular weight is 381 g/mol. The number of nitrogens with one attached hydrogen (secondary N) is 1. The maximum absolute atomic E-state index is 5.45. The number of para-hydroxylation sites is 1. The third-order valence-electron chi connectivity index (χ3n) is 3.34. The van der Waals surface area contributed by atoms with Crippen molar-refractivity contribution in [2.45, 2.75) is 19.4 Å². The molecule has 0 aromatic heterocycles. The Labute approximate surface area is 134 Å². The van der Waals surface area contributed by atoms with Crippen LogP contribution in [-0.2, 0) is 6.42 Å². The van der Waals surface area contributed by atoms with Gasteiger partial charge in [0.05, 0.1) is 7.11 Å². The van der Waals surface area contributed by atoms with Crippen LogP contribution in [0.3, 0.4) is 0 Å². The van der Waals surface area contributed by atoms with Gasteiger partial charge in [-0.3, -0.25) is 0 Å². The number of methoxy groups -OCH3 is 1. The summed E-state index contributed by atoms with van der Waals surface area (Å²) in [5, 5.41) is 3.56. The van der Waals surface area contributed by atoms with Crippen LogP contribution in [0, 0.1) is 3.57 Å². The molecule has 0 heterocycles. The Kier molecular flexibility index (Phi) is 5.86. The molecule has 0 aliphatic carbocycles. The van der Waals surface area contributed by atoms with E-state index in [9.17, 15) is 0 Å². The lowest BCUT2D eigenvalue weighted by molar-refractivity contribution is 0.405. The van der Waals surface area contributed by atoms with Gasteiger partial charge in [-0.25, -0.2) is 0 Å². The second-order valence-corrected chi connectivity index (χ2v) is 5.92. The normalized spacial score (nSPS) is 12.2. The van der Waals surface area contributed by atoms with Crippen LogP contribution in [0.1, 0.15) is 24.1 Å². The van der Waals surface area contributed by atoms with Crippen LogP contribution in [0.4, 0.5) is 0 Å². The van der Waals surface area contributed by atoms with Crippen LogP contribution >= 0.6 is 22.6 Å². The Bertz CT molecular complexity index is 539. The van der Waals surface area contributed by atoms with Crippen LogP contribution in [0.15, 0.2) is 48.5 Å². The third-order valence-corrected chi connectivity index (χ3v) is 4.06. The number of ether oxygens (including phenoxy) is 1. The van der Waals surface area contributed by atoms with Crippen molar-refractivity contribution in [3.8, 4) is 5.75 Å². The van der Waals surface area contributed by atoms with E-state index in [4.69, 9.17) is 4.74 Å². The van der Waals surface area contributed by atoms with Gasteiger partial charge in [-0.05, 0) is 64.9 Å². The molecule has 0 fully saturated rings. The number of rotatable bonds is 6. The molecule has 1 atom stereocenters. The van der Waals surface area contributed by atoms with Crippen molar-refractivity contribution in [2.75, 3.05) is 13.7 Å². The minimum absolute atomic E-state index is 0.313. The summed E-state index contributed by atoms with van der Waals surface area (Å²) in [6, 6.07) is 17.3. The summed E-state index contributed by atoms with van der Waals surface area (Å²) in [5.41, 5.74) is 2.55. The summed E-state index contributed by atoms with van der Waals surface area (Å²) < 4.78 is 6.71. The van der Waals surface area contributed by atoms with Crippen LogP contribution in [0.25, 0.3) is 0 Å². The predicted molar refractivity (Wildman–Crippen MR) is 92.3 cm³/mol. The van der Waals surface area contributed by atoms with Crippen molar-refractivity contribution in [1.29, 1.82) is 0 Å². The van der Waals surface area contributed by atoms with E-state index in [0.717, 1.165) is 18.7 Å². The summed E-state index contributed by atoms with van der Waals surface area (Å²) in [6.07, 6.45) is 0.929. The van der Waals surface area contributed by atoms with E-state index >= 15 is 0 Å². The molecule has 0 amide bonds. The first-order valence-electron chi connectivity index (χ1n) is 6.85. The first-order valence-corrected chi connectivity index (χ1v) is 7.93. The van der Waals surface area contributed by atoms with Crippen molar-refractivity contribution >= 4 is 22.6 Å². The molecular formula is C17H20INO. The van der Waals surface area contributed by atoms with E-state index in [0.29, 0.717) is 6.04 Å². The SMILES string of the molecule is CCNC(Cc1ccccc1OC)c1ccc(I)cc1. The van der Waals surface area contributed by atoms with Crippen molar-refractivity contribution in [2.24, 2.45) is 0 Å². The highest BCUT2D eigenvalue weighted by Gasteiger charge is 2.13. The van der Waals surface area contributed by atoms with E-state index in [1.807, 2.05) is 12.1 Å². The molecule has 0 saturated heterocycles. The molecule has 106 valence electrons. The molecule has 0 spiro atoms. The lowest BCUT2D eigenvalue weighted by Gasteiger charge is -2.20. The highest BCUT2D eigenvalue weighted by molar-refractivity contribution is 14.1. The molecule has 0 radical (unpaired) electrons. The zero-order valence-electron chi connectivity index (χ0n) is 11.9. The molecule has 0 aliphatic rings. The fourth-order valence-electron chi connectivity index (χ4n) is 2.34. The van der Waals surface area contributed by atoms with Gasteiger partial charge in [0.25, 0.3) is 0 Å². The van der Waals surface area contributed by atoms with Crippen molar-refractivity contribution in [3.05, 3.63) is 63.2 Å². The third kappa shape index (κ3) is 3.96. The maximum Gasteiger partial charge on any atom is 0.122 e. The number of halogens is 1. The summed E-state index contributed by atoms with van der Waals surface area (Å²) in [7, 11) is 1.73. The van der Waals surface area contributed by atoms with Crippen molar-refractivity contribution in [3.63, 3.8) is 0 Å². The molecule has 1 unspecified atom stereocenters. The molecule has 1 N–H and O–H groups in total. The fraction of sp³-hybridized carbons (Fsp3) is 0.294. The largest absolute Gasteiger partial charge is 0.496 e. The topological polar surface area (TPSA) is 21.3 Å². The highest BCUT2D eigenvalue weighted by atomic mass is 127. The van der Waals surface area contributed by atoms with Gasteiger partial charge in [0.15, 0.2) is 0 Å².